The van der Waals surface area contributed by atoms with E-state index in [0.717, 1.165) is 6.26 Å². The summed E-state index contributed by atoms with van der Waals surface area (Å²) in [6.45, 7) is 0. The maximum atomic E-state index is 12.1. The van der Waals surface area contributed by atoms with Gasteiger partial charge in [0.05, 0.1) is 9.92 Å². The topological polar surface area (TPSA) is 64.1 Å². The van der Waals surface area contributed by atoms with E-state index in [9.17, 15) is 13.2 Å². The first-order chi connectivity index (χ1) is 9.38. The van der Waals surface area contributed by atoms with Crippen LogP contribution in [-0.4, -0.2) is 25.4 Å². The highest BCUT2D eigenvalue weighted by Gasteiger charge is 2.12. The number of carbonyl (C=O) groups is 1. The molecule has 4 nitrogen and oxygen atoms in total. The van der Waals surface area contributed by atoms with Crippen LogP contribution in [0, 0.1) is 0 Å². The van der Waals surface area contributed by atoms with Gasteiger partial charge in [-0.1, -0.05) is 23.7 Å². The third-order valence-corrected chi connectivity index (χ3v) is 4.28. The monoisotopic (exact) mass is 309 g/mol. The molecule has 0 fully saturated rings. The van der Waals surface area contributed by atoms with Crippen LogP contribution in [0.2, 0.25) is 5.02 Å². The molecule has 1 heterocycles. The third kappa shape index (κ3) is 3.43. The van der Waals surface area contributed by atoms with Crippen LogP contribution in [0.3, 0.4) is 0 Å². The highest BCUT2D eigenvalue weighted by molar-refractivity contribution is 7.90. The summed E-state index contributed by atoms with van der Waals surface area (Å²) in [6.07, 6.45) is 4.33. The summed E-state index contributed by atoms with van der Waals surface area (Å²) in [7, 11) is -3.25. The first-order valence-electron chi connectivity index (χ1n) is 5.79. The van der Waals surface area contributed by atoms with Crippen LogP contribution in [0.15, 0.2) is 47.6 Å². The number of pyridine rings is 1. The standard InChI is InChI=1S/C14H12ClNO3S/c1-20(18,19)12-4-2-10(3-5-12)14(17)8-11-6-7-16-9-13(11)15/h2-7,9H,8H2,1H3. The molecule has 6 heteroatoms. The smallest absolute Gasteiger partial charge is 0.175 e. The van der Waals surface area contributed by atoms with Crippen molar-refractivity contribution in [3.05, 3.63) is 58.9 Å². The Balaban J connectivity index is 2.20. The Kier molecular flexibility index (Phi) is 4.20. The molecule has 0 radical (unpaired) electrons. The number of ketones is 1. The Bertz CT molecular complexity index is 739. The number of sulfone groups is 1. The number of nitrogens with zero attached hydrogens (tertiary/aromatic N) is 1. The van der Waals surface area contributed by atoms with Crippen LogP contribution in [0.5, 0.6) is 0 Å². The minimum atomic E-state index is -3.25. The molecule has 2 rings (SSSR count). The Labute approximate surface area is 122 Å². The van der Waals surface area contributed by atoms with Crippen molar-refractivity contribution in [2.75, 3.05) is 6.26 Å². The molecule has 0 saturated heterocycles. The number of rotatable bonds is 4. The van der Waals surface area contributed by atoms with E-state index in [1.807, 2.05) is 0 Å². The zero-order valence-electron chi connectivity index (χ0n) is 10.7. The van der Waals surface area contributed by atoms with E-state index in [1.165, 1.54) is 30.5 Å². The lowest BCUT2D eigenvalue weighted by atomic mass is 10.0. The zero-order chi connectivity index (χ0) is 14.8. The normalized spacial score (nSPS) is 11.3. The second-order valence-electron chi connectivity index (χ2n) is 4.36. The molecular weight excluding hydrogens is 298 g/mol. The zero-order valence-corrected chi connectivity index (χ0v) is 12.3. The van der Waals surface area contributed by atoms with E-state index in [0.29, 0.717) is 16.1 Å². The van der Waals surface area contributed by atoms with Crippen LogP contribution in [0.4, 0.5) is 0 Å². The Morgan fingerprint density at radius 3 is 2.40 bits per heavy atom. The van der Waals surface area contributed by atoms with Crippen molar-refractivity contribution in [3.8, 4) is 0 Å². The fourth-order valence-corrected chi connectivity index (χ4v) is 2.53. The van der Waals surface area contributed by atoms with Crippen molar-refractivity contribution in [2.24, 2.45) is 0 Å². The first kappa shape index (κ1) is 14.7. The van der Waals surface area contributed by atoms with Crippen LogP contribution in [0.25, 0.3) is 0 Å². The lowest BCUT2D eigenvalue weighted by Gasteiger charge is -2.04. The van der Waals surface area contributed by atoms with Gasteiger partial charge < -0.3 is 0 Å². The largest absolute Gasteiger partial charge is 0.294 e. The van der Waals surface area contributed by atoms with Gasteiger partial charge in [-0.3, -0.25) is 9.78 Å². The predicted octanol–water partition coefficient (Wildman–Crippen LogP) is 2.56. The number of hydrogen-bond acceptors (Lipinski definition) is 4. The van der Waals surface area contributed by atoms with Crippen molar-refractivity contribution >= 4 is 27.2 Å². The summed E-state index contributed by atoms with van der Waals surface area (Å²) >= 11 is 5.95. The SMILES string of the molecule is CS(=O)(=O)c1ccc(C(=O)Cc2ccncc2Cl)cc1. The van der Waals surface area contributed by atoms with E-state index in [1.54, 1.807) is 12.3 Å². The molecular formula is C14H12ClNO3S. The molecule has 0 unspecified atom stereocenters. The molecule has 2 aromatic rings. The van der Waals surface area contributed by atoms with Crippen molar-refractivity contribution in [1.82, 2.24) is 4.98 Å². The number of hydrogen-bond donors (Lipinski definition) is 0. The lowest BCUT2D eigenvalue weighted by Crippen LogP contribution is -2.05. The fourth-order valence-electron chi connectivity index (χ4n) is 1.71. The van der Waals surface area contributed by atoms with E-state index < -0.39 is 9.84 Å². The van der Waals surface area contributed by atoms with Gasteiger partial charge in [-0.05, 0) is 23.8 Å². The summed E-state index contributed by atoms with van der Waals surface area (Å²) in [4.78, 5) is 16.1. The molecule has 20 heavy (non-hydrogen) atoms. The van der Waals surface area contributed by atoms with Gasteiger partial charge in [0.2, 0.25) is 0 Å². The number of carbonyl (C=O) groups excluding carboxylic acids is 1. The summed E-state index contributed by atoms with van der Waals surface area (Å²) < 4.78 is 22.7. The van der Waals surface area contributed by atoms with Crippen molar-refractivity contribution in [3.63, 3.8) is 0 Å². The Morgan fingerprint density at radius 1 is 1.20 bits per heavy atom. The van der Waals surface area contributed by atoms with Gasteiger partial charge in [0, 0.05) is 30.6 Å². The van der Waals surface area contributed by atoms with Gasteiger partial charge in [0.1, 0.15) is 0 Å². The van der Waals surface area contributed by atoms with Gasteiger partial charge in [-0.25, -0.2) is 8.42 Å². The van der Waals surface area contributed by atoms with Crippen LogP contribution >= 0.6 is 11.6 Å². The van der Waals surface area contributed by atoms with Crippen LogP contribution < -0.4 is 0 Å². The molecule has 0 spiro atoms. The van der Waals surface area contributed by atoms with Gasteiger partial charge >= 0.3 is 0 Å². The molecule has 0 aliphatic carbocycles. The third-order valence-electron chi connectivity index (χ3n) is 2.81. The molecule has 0 aliphatic heterocycles. The van der Waals surface area contributed by atoms with E-state index in [2.05, 4.69) is 4.98 Å². The number of Topliss-reactive ketones (excluding diaryl/α,β-unsaturated/α-hetero) is 1. The first-order valence-corrected chi connectivity index (χ1v) is 8.06. The van der Waals surface area contributed by atoms with E-state index >= 15 is 0 Å². The molecule has 0 N–H and O–H groups in total. The fraction of sp³-hybridized carbons (Fsp3) is 0.143. The minimum absolute atomic E-state index is 0.127. The lowest BCUT2D eigenvalue weighted by molar-refractivity contribution is 0.0993. The number of halogens is 1. The van der Waals surface area contributed by atoms with Crippen molar-refractivity contribution in [2.45, 2.75) is 11.3 Å². The molecule has 0 atom stereocenters. The summed E-state index contributed by atoms with van der Waals surface area (Å²) in [6, 6.07) is 7.56. The number of aromatic nitrogens is 1. The average molecular weight is 310 g/mol. The molecule has 1 aromatic heterocycles. The second-order valence-corrected chi connectivity index (χ2v) is 6.79. The van der Waals surface area contributed by atoms with Gasteiger partial charge in [-0.15, -0.1) is 0 Å². The van der Waals surface area contributed by atoms with Gasteiger partial charge in [0.15, 0.2) is 15.6 Å². The molecule has 0 saturated carbocycles. The van der Waals surface area contributed by atoms with Crippen LogP contribution in [-0.2, 0) is 16.3 Å². The summed E-state index contributed by atoms with van der Waals surface area (Å²) in [5.41, 5.74) is 1.14. The van der Waals surface area contributed by atoms with E-state index in [4.69, 9.17) is 11.6 Å². The number of benzene rings is 1. The van der Waals surface area contributed by atoms with Crippen LogP contribution in [0.1, 0.15) is 15.9 Å². The van der Waals surface area contributed by atoms with Crippen molar-refractivity contribution in [1.29, 1.82) is 0 Å². The maximum absolute atomic E-state index is 12.1. The Morgan fingerprint density at radius 2 is 1.85 bits per heavy atom. The van der Waals surface area contributed by atoms with E-state index in [-0.39, 0.29) is 17.1 Å². The van der Waals surface area contributed by atoms with Crippen molar-refractivity contribution < 1.29 is 13.2 Å². The van der Waals surface area contributed by atoms with Gasteiger partial charge in [0.25, 0.3) is 0 Å². The molecule has 0 amide bonds. The maximum Gasteiger partial charge on any atom is 0.175 e. The molecule has 0 bridgehead atoms. The highest BCUT2D eigenvalue weighted by Crippen LogP contribution is 2.17. The second kappa shape index (κ2) is 5.73. The average Bonchev–Trinajstić information content (AvgIpc) is 2.40. The highest BCUT2D eigenvalue weighted by atomic mass is 35.5. The quantitative estimate of drug-likeness (QED) is 0.814. The predicted molar refractivity (Wildman–Crippen MR) is 76.8 cm³/mol. The summed E-state index contributed by atoms with van der Waals surface area (Å²) in [5.74, 6) is -0.127. The molecule has 104 valence electrons. The Hall–Kier alpha value is -1.72. The minimum Gasteiger partial charge on any atom is -0.294 e. The van der Waals surface area contributed by atoms with Gasteiger partial charge in [-0.2, -0.15) is 0 Å². The molecule has 1 aromatic carbocycles. The molecule has 0 aliphatic rings. The summed E-state index contributed by atoms with van der Waals surface area (Å²) in [5, 5.41) is 0.439.